The molecule has 2 aromatic rings. The first-order valence-electron chi connectivity index (χ1n) is 4.76. The van der Waals surface area contributed by atoms with Crippen LogP contribution in [-0.2, 0) is 11.2 Å². The third-order valence-electron chi connectivity index (χ3n) is 2.10. The molecule has 9 heteroatoms. The number of carbonyl (C=O) groups is 1. The van der Waals surface area contributed by atoms with E-state index in [1.807, 2.05) is 0 Å². The van der Waals surface area contributed by atoms with Crippen LogP contribution in [0.5, 0.6) is 0 Å². The number of nitrogens with two attached hydrogens (primary N) is 2. The molecule has 90 valence electrons. The highest BCUT2D eigenvalue weighted by Crippen LogP contribution is 2.05. The quantitative estimate of drug-likeness (QED) is 0.507. The third kappa shape index (κ3) is 2.39. The molecule has 9 nitrogen and oxygen atoms in total. The van der Waals surface area contributed by atoms with E-state index in [1.54, 1.807) is 6.20 Å². The van der Waals surface area contributed by atoms with Crippen LogP contribution in [0.1, 0.15) is 5.69 Å². The fourth-order valence-corrected chi connectivity index (χ4v) is 1.27. The highest BCUT2D eigenvalue weighted by Gasteiger charge is 2.14. The molecule has 6 N–H and O–H groups in total. The van der Waals surface area contributed by atoms with Crippen LogP contribution in [0.25, 0.3) is 5.95 Å². The van der Waals surface area contributed by atoms with E-state index in [0.717, 1.165) is 0 Å². The topological polar surface area (TPSA) is 149 Å². The van der Waals surface area contributed by atoms with Crippen molar-refractivity contribution in [3.8, 4) is 5.95 Å². The molecule has 0 aliphatic carbocycles. The molecule has 1 atom stereocenters. The van der Waals surface area contributed by atoms with Gasteiger partial charge >= 0.3 is 5.97 Å². The summed E-state index contributed by atoms with van der Waals surface area (Å²) in [4.78, 5) is 18.5. The number of H-pyrrole nitrogens is 1. The van der Waals surface area contributed by atoms with E-state index in [2.05, 4.69) is 20.2 Å². The minimum atomic E-state index is -1.07. The van der Waals surface area contributed by atoms with Crippen molar-refractivity contribution in [3.05, 3.63) is 18.2 Å². The predicted octanol–water partition coefficient (Wildman–Crippen LogP) is -1.47. The number of carboxylic acid groups (broad SMARTS) is 1. The number of nitrogens with one attached hydrogen (secondary N) is 1. The number of aromatic amines is 1. The van der Waals surface area contributed by atoms with E-state index in [0.29, 0.717) is 11.6 Å². The first-order chi connectivity index (χ1) is 8.06. The lowest BCUT2D eigenvalue weighted by Gasteiger charge is -2.01. The average molecular weight is 237 g/mol. The molecular formula is C8H11N7O2. The van der Waals surface area contributed by atoms with E-state index in [4.69, 9.17) is 16.6 Å². The van der Waals surface area contributed by atoms with Crippen molar-refractivity contribution in [3.63, 3.8) is 0 Å². The van der Waals surface area contributed by atoms with Crippen LogP contribution in [0.4, 0.5) is 5.95 Å². The highest BCUT2D eigenvalue weighted by atomic mass is 16.4. The number of hydrogen-bond acceptors (Lipinski definition) is 6. The van der Waals surface area contributed by atoms with Gasteiger partial charge in [-0.25, -0.2) is 10.1 Å². The highest BCUT2D eigenvalue weighted by molar-refractivity contribution is 5.73. The molecule has 2 rings (SSSR count). The molecule has 0 fully saturated rings. The minimum Gasteiger partial charge on any atom is -0.480 e. The third-order valence-corrected chi connectivity index (χ3v) is 2.10. The Hall–Kier alpha value is -2.42. The van der Waals surface area contributed by atoms with Crippen molar-refractivity contribution < 1.29 is 9.90 Å². The summed E-state index contributed by atoms with van der Waals surface area (Å²) in [7, 11) is 0. The van der Waals surface area contributed by atoms with Crippen molar-refractivity contribution in [2.75, 3.05) is 5.73 Å². The smallest absolute Gasteiger partial charge is 0.320 e. The van der Waals surface area contributed by atoms with Crippen LogP contribution >= 0.6 is 0 Å². The van der Waals surface area contributed by atoms with Gasteiger partial charge in [0.2, 0.25) is 5.95 Å². The second-order valence-electron chi connectivity index (χ2n) is 3.44. The van der Waals surface area contributed by atoms with Gasteiger partial charge in [-0.05, 0) is 0 Å². The molecule has 2 aromatic heterocycles. The molecule has 17 heavy (non-hydrogen) atoms. The molecule has 0 saturated heterocycles. The van der Waals surface area contributed by atoms with Crippen LogP contribution in [0.2, 0.25) is 0 Å². The lowest BCUT2D eigenvalue weighted by molar-refractivity contribution is -0.138. The van der Waals surface area contributed by atoms with Gasteiger partial charge in [-0.15, -0.1) is 5.10 Å². The summed E-state index contributed by atoms with van der Waals surface area (Å²) in [5, 5.41) is 15.0. The summed E-state index contributed by atoms with van der Waals surface area (Å²) in [6.45, 7) is 0. The Labute approximate surface area is 95.5 Å². The normalized spacial score (nSPS) is 12.5. The molecule has 1 unspecified atom stereocenters. The summed E-state index contributed by atoms with van der Waals surface area (Å²) < 4.78 is 1.52. The first kappa shape index (κ1) is 11.1. The van der Waals surface area contributed by atoms with Crippen LogP contribution in [-0.4, -0.2) is 41.9 Å². The summed E-state index contributed by atoms with van der Waals surface area (Å²) in [5.41, 5.74) is 11.3. The van der Waals surface area contributed by atoms with Crippen LogP contribution in [0.3, 0.4) is 0 Å². The Morgan fingerprint density at radius 1 is 1.65 bits per heavy atom. The van der Waals surface area contributed by atoms with E-state index in [-0.39, 0.29) is 12.4 Å². The fourth-order valence-electron chi connectivity index (χ4n) is 1.27. The van der Waals surface area contributed by atoms with Crippen LogP contribution in [0, 0.1) is 0 Å². The molecule has 0 bridgehead atoms. The zero-order valence-electron chi connectivity index (χ0n) is 8.74. The number of nitrogens with zero attached hydrogens (tertiary/aromatic N) is 4. The van der Waals surface area contributed by atoms with E-state index in [1.165, 1.54) is 10.9 Å². The largest absolute Gasteiger partial charge is 0.480 e. The number of aromatic nitrogens is 5. The maximum atomic E-state index is 10.6. The van der Waals surface area contributed by atoms with Gasteiger partial charge in [0.15, 0.2) is 0 Å². The Balaban J connectivity index is 2.13. The summed E-state index contributed by atoms with van der Waals surface area (Å²) in [6, 6.07) is -0.976. The number of anilines is 1. The Morgan fingerprint density at radius 2 is 2.41 bits per heavy atom. The van der Waals surface area contributed by atoms with Crippen LogP contribution in [0.15, 0.2) is 12.5 Å². The standard InChI is InChI=1S/C8H11N7O2/c9-5(6(16)17)1-4-2-15(3-11-4)8-12-7(10)13-14-8/h2-3,5H,1,9H2,(H,16,17)(H3,10,12,13,14). The van der Waals surface area contributed by atoms with Gasteiger partial charge in [0.25, 0.3) is 5.95 Å². The summed E-state index contributed by atoms with van der Waals surface area (Å²) in [5.74, 6) is -0.538. The van der Waals surface area contributed by atoms with Crippen molar-refractivity contribution in [1.29, 1.82) is 0 Å². The fraction of sp³-hybridized carbons (Fsp3) is 0.250. The summed E-state index contributed by atoms with van der Waals surface area (Å²) >= 11 is 0. The maximum Gasteiger partial charge on any atom is 0.320 e. The number of nitrogen functional groups attached to an aromatic ring is 1. The van der Waals surface area contributed by atoms with Crippen molar-refractivity contribution in [2.24, 2.45) is 5.73 Å². The van der Waals surface area contributed by atoms with Gasteiger partial charge < -0.3 is 16.6 Å². The van der Waals surface area contributed by atoms with Gasteiger partial charge in [0, 0.05) is 12.6 Å². The van der Waals surface area contributed by atoms with Gasteiger partial charge in [-0.2, -0.15) is 4.98 Å². The number of imidazole rings is 1. The summed E-state index contributed by atoms with van der Waals surface area (Å²) in [6.07, 6.45) is 3.21. The predicted molar refractivity (Wildman–Crippen MR) is 57.2 cm³/mol. The lowest BCUT2D eigenvalue weighted by Crippen LogP contribution is -2.32. The van der Waals surface area contributed by atoms with Gasteiger partial charge in [-0.3, -0.25) is 9.36 Å². The molecule has 0 amide bonds. The van der Waals surface area contributed by atoms with Crippen LogP contribution < -0.4 is 11.5 Å². The number of carboxylic acids is 1. The average Bonchev–Trinajstić information content (AvgIpc) is 2.86. The zero-order chi connectivity index (χ0) is 12.4. The van der Waals surface area contributed by atoms with E-state index >= 15 is 0 Å². The Bertz CT molecular complexity index is 531. The molecular weight excluding hydrogens is 226 g/mol. The molecule has 0 spiro atoms. The molecule has 0 radical (unpaired) electrons. The second kappa shape index (κ2) is 4.22. The molecule has 0 aliphatic heterocycles. The first-order valence-corrected chi connectivity index (χ1v) is 4.76. The maximum absolute atomic E-state index is 10.6. The monoisotopic (exact) mass is 237 g/mol. The van der Waals surface area contributed by atoms with E-state index < -0.39 is 12.0 Å². The Kier molecular flexibility index (Phi) is 2.75. The van der Waals surface area contributed by atoms with Gasteiger partial charge in [-0.1, -0.05) is 0 Å². The number of aliphatic carboxylic acids is 1. The van der Waals surface area contributed by atoms with Gasteiger partial charge in [0.05, 0.1) is 5.69 Å². The second-order valence-corrected chi connectivity index (χ2v) is 3.44. The molecule has 0 aromatic carbocycles. The number of rotatable bonds is 4. The van der Waals surface area contributed by atoms with E-state index in [9.17, 15) is 4.79 Å². The molecule has 0 aliphatic rings. The SMILES string of the molecule is Nc1nc(-n2cnc(CC(N)C(=O)O)c2)n[nH]1. The molecule has 0 saturated carbocycles. The molecule has 2 heterocycles. The zero-order valence-corrected chi connectivity index (χ0v) is 8.74. The lowest BCUT2D eigenvalue weighted by atomic mass is 10.2. The minimum absolute atomic E-state index is 0.141. The van der Waals surface area contributed by atoms with Crippen molar-refractivity contribution in [1.82, 2.24) is 24.7 Å². The van der Waals surface area contributed by atoms with Gasteiger partial charge in [0.1, 0.15) is 12.4 Å². The number of hydrogen-bond donors (Lipinski definition) is 4. The van der Waals surface area contributed by atoms with Crippen molar-refractivity contribution >= 4 is 11.9 Å². The Morgan fingerprint density at radius 3 is 3.00 bits per heavy atom. The van der Waals surface area contributed by atoms with Crippen molar-refractivity contribution in [2.45, 2.75) is 12.5 Å².